The molecular formula is C15H18O8. The van der Waals surface area contributed by atoms with Gasteiger partial charge in [0.2, 0.25) is 5.78 Å². The Balaban J connectivity index is 2.24. The molecule has 1 heterocycles. The predicted octanol–water partition coefficient (Wildman–Crippen LogP) is -1.86. The van der Waals surface area contributed by atoms with Gasteiger partial charge in [-0.25, -0.2) is 0 Å². The van der Waals surface area contributed by atoms with Gasteiger partial charge in [-0.05, 0) is 18.2 Å². The van der Waals surface area contributed by atoms with Crippen molar-refractivity contribution in [1.29, 1.82) is 0 Å². The number of aliphatic hydroxyl groups excluding tert-OH is 4. The minimum absolute atomic E-state index is 0.0997. The molecule has 6 N–H and O–H groups in total. The van der Waals surface area contributed by atoms with Crippen molar-refractivity contribution in [2.75, 3.05) is 6.61 Å². The van der Waals surface area contributed by atoms with E-state index in [9.17, 15) is 30.3 Å². The molecule has 1 aromatic carbocycles. The number of phenols is 1. The van der Waals surface area contributed by atoms with E-state index in [1.807, 2.05) is 0 Å². The van der Waals surface area contributed by atoms with Crippen molar-refractivity contribution < 1.29 is 40.2 Å². The van der Waals surface area contributed by atoms with Gasteiger partial charge in [-0.15, -0.1) is 0 Å². The molecule has 0 aliphatic carbocycles. The number of phenolic OH excluding ortho intramolecular Hbond substituents is 1. The van der Waals surface area contributed by atoms with E-state index in [2.05, 4.69) is 0 Å². The monoisotopic (exact) mass is 326 g/mol. The molecule has 1 aliphatic heterocycles. The SMILES string of the molecule is O=C(C=Cc1ccccc1O)[C@@]1(O)O[C@H](CO)[C@@H](O)[C@H](O)[C@H]1O. The lowest BCUT2D eigenvalue weighted by atomic mass is 9.90. The number of hydrogen-bond donors (Lipinski definition) is 6. The predicted molar refractivity (Wildman–Crippen MR) is 77.1 cm³/mol. The lowest BCUT2D eigenvalue weighted by molar-refractivity contribution is -0.329. The Morgan fingerprint density at radius 1 is 1.22 bits per heavy atom. The summed E-state index contributed by atoms with van der Waals surface area (Å²) in [5.74, 6) is -4.04. The first-order valence-electron chi connectivity index (χ1n) is 6.87. The van der Waals surface area contributed by atoms with Gasteiger partial charge in [-0.1, -0.05) is 18.2 Å². The van der Waals surface area contributed by atoms with Gasteiger partial charge in [0.15, 0.2) is 0 Å². The Morgan fingerprint density at radius 3 is 2.48 bits per heavy atom. The summed E-state index contributed by atoms with van der Waals surface area (Å²) in [6.45, 7) is -0.774. The van der Waals surface area contributed by atoms with Gasteiger partial charge in [0.25, 0.3) is 5.79 Å². The largest absolute Gasteiger partial charge is 0.507 e. The van der Waals surface area contributed by atoms with E-state index in [0.29, 0.717) is 0 Å². The molecule has 0 saturated carbocycles. The molecule has 0 bridgehead atoms. The highest BCUT2D eigenvalue weighted by molar-refractivity contribution is 5.99. The summed E-state index contributed by atoms with van der Waals surface area (Å²) in [6.07, 6.45) is -5.05. The average molecular weight is 326 g/mol. The summed E-state index contributed by atoms with van der Waals surface area (Å²) in [7, 11) is 0. The van der Waals surface area contributed by atoms with Gasteiger partial charge >= 0.3 is 0 Å². The highest BCUT2D eigenvalue weighted by Gasteiger charge is 2.56. The fourth-order valence-corrected chi connectivity index (χ4v) is 2.27. The first kappa shape index (κ1) is 17.5. The summed E-state index contributed by atoms with van der Waals surface area (Å²) < 4.78 is 4.88. The summed E-state index contributed by atoms with van der Waals surface area (Å²) in [4.78, 5) is 12.2. The van der Waals surface area contributed by atoms with E-state index in [1.165, 1.54) is 18.2 Å². The maximum Gasteiger partial charge on any atom is 0.260 e. The van der Waals surface area contributed by atoms with Crippen LogP contribution in [-0.2, 0) is 9.53 Å². The lowest BCUT2D eigenvalue weighted by Crippen LogP contribution is -2.67. The Kier molecular flexibility index (Phi) is 5.15. The quantitative estimate of drug-likeness (QED) is 0.353. The van der Waals surface area contributed by atoms with E-state index in [1.54, 1.807) is 12.1 Å². The van der Waals surface area contributed by atoms with E-state index in [-0.39, 0.29) is 11.3 Å². The number of aromatic hydroxyl groups is 1. The number of carbonyl (C=O) groups excluding carboxylic acids is 1. The Hall–Kier alpha value is -1.81. The lowest BCUT2D eigenvalue weighted by Gasteiger charge is -2.43. The zero-order chi connectivity index (χ0) is 17.2. The van der Waals surface area contributed by atoms with Crippen molar-refractivity contribution >= 4 is 11.9 Å². The second kappa shape index (κ2) is 6.75. The zero-order valence-electron chi connectivity index (χ0n) is 12.0. The number of aliphatic hydroxyl groups is 5. The molecule has 126 valence electrons. The highest BCUT2D eigenvalue weighted by atomic mass is 16.7. The molecule has 1 aliphatic rings. The third-order valence-electron chi connectivity index (χ3n) is 3.67. The van der Waals surface area contributed by atoms with Gasteiger partial charge in [0, 0.05) is 5.56 Å². The fraction of sp³-hybridized carbons (Fsp3) is 0.400. The molecule has 5 atom stereocenters. The van der Waals surface area contributed by atoms with Crippen LogP contribution in [0.15, 0.2) is 30.3 Å². The van der Waals surface area contributed by atoms with Gasteiger partial charge in [-0.3, -0.25) is 4.79 Å². The van der Waals surface area contributed by atoms with E-state index >= 15 is 0 Å². The smallest absolute Gasteiger partial charge is 0.260 e. The number of ketones is 1. The molecule has 8 nitrogen and oxygen atoms in total. The second-order valence-electron chi connectivity index (χ2n) is 5.22. The highest BCUT2D eigenvalue weighted by Crippen LogP contribution is 2.29. The van der Waals surface area contributed by atoms with Crippen LogP contribution < -0.4 is 0 Å². The molecule has 0 spiro atoms. The van der Waals surface area contributed by atoms with Crippen LogP contribution in [0.1, 0.15) is 5.56 Å². The molecule has 1 fully saturated rings. The van der Waals surface area contributed by atoms with Crippen molar-refractivity contribution in [2.24, 2.45) is 0 Å². The van der Waals surface area contributed by atoms with E-state index < -0.39 is 42.6 Å². The summed E-state index contributed by atoms with van der Waals surface area (Å²) >= 11 is 0. The Labute approximate surface area is 131 Å². The molecule has 1 saturated heterocycles. The first-order valence-corrected chi connectivity index (χ1v) is 6.87. The number of ether oxygens (including phenoxy) is 1. The van der Waals surface area contributed by atoms with Crippen LogP contribution >= 0.6 is 0 Å². The summed E-state index contributed by atoms with van der Waals surface area (Å²) in [5.41, 5.74) is 0.286. The van der Waals surface area contributed by atoms with Crippen LogP contribution in [0.5, 0.6) is 5.75 Å². The Bertz CT molecular complexity index is 599. The molecule has 0 radical (unpaired) electrons. The topological polar surface area (TPSA) is 148 Å². The van der Waals surface area contributed by atoms with E-state index in [4.69, 9.17) is 9.84 Å². The van der Waals surface area contributed by atoms with Crippen LogP contribution in [0.2, 0.25) is 0 Å². The van der Waals surface area contributed by atoms with Crippen LogP contribution in [0.3, 0.4) is 0 Å². The molecule has 8 heteroatoms. The number of para-hydroxylation sites is 1. The van der Waals surface area contributed by atoms with Crippen molar-refractivity contribution in [1.82, 2.24) is 0 Å². The minimum Gasteiger partial charge on any atom is -0.507 e. The molecular weight excluding hydrogens is 308 g/mol. The first-order chi connectivity index (χ1) is 10.8. The normalized spacial score (nSPS) is 34.7. The van der Waals surface area contributed by atoms with Gasteiger partial charge < -0.3 is 35.4 Å². The summed E-state index contributed by atoms with van der Waals surface area (Å²) in [5, 5.41) is 58.0. The molecule has 1 aromatic rings. The van der Waals surface area contributed by atoms with Crippen molar-refractivity contribution in [3.05, 3.63) is 35.9 Å². The van der Waals surface area contributed by atoms with Crippen LogP contribution in [-0.4, -0.2) is 73.2 Å². The molecule has 23 heavy (non-hydrogen) atoms. The maximum atomic E-state index is 12.2. The Morgan fingerprint density at radius 2 is 1.87 bits per heavy atom. The van der Waals surface area contributed by atoms with Crippen LogP contribution in [0.25, 0.3) is 6.08 Å². The molecule has 2 rings (SSSR count). The molecule has 0 aromatic heterocycles. The fourth-order valence-electron chi connectivity index (χ4n) is 2.27. The summed E-state index contributed by atoms with van der Waals surface area (Å²) in [6, 6.07) is 6.11. The molecule has 0 unspecified atom stereocenters. The van der Waals surface area contributed by atoms with Crippen molar-refractivity contribution in [3.8, 4) is 5.75 Å². The number of benzene rings is 1. The standard InChI is InChI=1S/C15H18O8/c16-7-10-12(19)13(20)14(21)15(22,23-10)11(18)6-5-8-3-1-2-4-9(8)17/h1-6,10,12-14,16-17,19-22H,7H2/t10-,12-,13+,14-,15-/m1/s1. The third kappa shape index (κ3) is 3.27. The number of hydrogen-bond acceptors (Lipinski definition) is 8. The van der Waals surface area contributed by atoms with Gasteiger partial charge in [-0.2, -0.15) is 0 Å². The third-order valence-corrected chi connectivity index (χ3v) is 3.67. The average Bonchev–Trinajstić information content (AvgIpc) is 2.55. The number of carbonyl (C=O) groups is 1. The minimum atomic E-state index is -2.83. The van der Waals surface area contributed by atoms with Gasteiger partial charge in [0.1, 0.15) is 30.2 Å². The van der Waals surface area contributed by atoms with E-state index in [0.717, 1.165) is 6.08 Å². The molecule has 0 amide bonds. The van der Waals surface area contributed by atoms with Gasteiger partial charge in [0.05, 0.1) is 6.61 Å². The number of rotatable bonds is 4. The van der Waals surface area contributed by atoms with Crippen LogP contribution in [0.4, 0.5) is 0 Å². The van der Waals surface area contributed by atoms with Crippen molar-refractivity contribution in [3.63, 3.8) is 0 Å². The zero-order valence-corrected chi connectivity index (χ0v) is 12.0. The second-order valence-corrected chi connectivity index (χ2v) is 5.22. The van der Waals surface area contributed by atoms with Crippen molar-refractivity contribution in [2.45, 2.75) is 30.2 Å². The maximum absolute atomic E-state index is 12.2. The van der Waals surface area contributed by atoms with Crippen LogP contribution in [0, 0.1) is 0 Å².